The number of rotatable bonds is 9. The summed E-state index contributed by atoms with van der Waals surface area (Å²) in [4.78, 5) is 3.53. The molecule has 0 radical (unpaired) electrons. The van der Waals surface area contributed by atoms with Gasteiger partial charge in [-0.2, -0.15) is 0 Å². The summed E-state index contributed by atoms with van der Waals surface area (Å²) in [6.07, 6.45) is 5.21. The van der Waals surface area contributed by atoms with Gasteiger partial charge in [0, 0.05) is 41.0 Å². The summed E-state index contributed by atoms with van der Waals surface area (Å²) in [7, 11) is 1.70. The van der Waals surface area contributed by atoms with Crippen molar-refractivity contribution >= 4 is 52.4 Å². The van der Waals surface area contributed by atoms with Crippen molar-refractivity contribution in [2.45, 2.75) is 25.8 Å². The molecule has 0 aromatic heterocycles. The van der Waals surface area contributed by atoms with E-state index in [1.54, 1.807) is 31.2 Å². The lowest BCUT2D eigenvalue weighted by atomic mass is 10.0. The molecule has 1 heterocycles. The van der Waals surface area contributed by atoms with Gasteiger partial charge in [0.1, 0.15) is 5.76 Å². The summed E-state index contributed by atoms with van der Waals surface area (Å²) in [5.41, 5.74) is 2.15. The van der Waals surface area contributed by atoms with Gasteiger partial charge in [-0.15, -0.1) is 0 Å². The first-order valence-corrected chi connectivity index (χ1v) is 12.8. The molecule has 2 aromatic carbocycles. The lowest BCUT2D eigenvalue weighted by Gasteiger charge is -2.43. The molecule has 1 fully saturated rings. The molecule has 1 saturated heterocycles. The van der Waals surface area contributed by atoms with E-state index in [4.69, 9.17) is 44.6 Å². The number of nitrogens with zero attached hydrogens (tertiary/aromatic N) is 2. The highest BCUT2D eigenvalue weighted by Crippen LogP contribution is 2.39. The minimum atomic E-state index is 0.0313. The van der Waals surface area contributed by atoms with E-state index in [1.165, 1.54) is 10.5 Å². The van der Waals surface area contributed by atoms with Gasteiger partial charge in [0.15, 0.2) is 0 Å². The van der Waals surface area contributed by atoms with Crippen molar-refractivity contribution in [3.05, 3.63) is 85.9 Å². The number of hydrogen-bond donors (Lipinski definition) is 1. The standard InChI is InChI=1S/C25H29Cl3N2O2S/c1-3-25(24(32-2)6-4-5-15-31)33-29-13-14-30(22-12-11-20(27)16-21(22)28)23(17-29)18-7-9-19(26)10-8-18/h4-5,7-12,16,23,31H,3,6,13-15,17H2,1-2H3/b5-4-,25-24-. The predicted octanol–water partition coefficient (Wildman–Crippen LogP) is 7.36. The number of allylic oxidation sites excluding steroid dienone is 2. The van der Waals surface area contributed by atoms with E-state index in [1.807, 2.05) is 30.3 Å². The molecule has 1 atom stereocenters. The number of methoxy groups -OCH3 is 1. The van der Waals surface area contributed by atoms with Gasteiger partial charge in [0.25, 0.3) is 0 Å². The Kier molecular flexibility index (Phi) is 10.3. The van der Waals surface area contributed by atoms with Gasteiger partial charge in [-0.05, 0) is 54.3 Å². The monoisotopic (exact) mass is 526 g/mol. The molecule has 0 amide bonds. The van der Waals surface area contributed by atoms with Gasteiger partial charge in [-0.1, -0.05) is 66.0 Å². The molecule has 8 heteroatoms. The van der Waals surface area contributed by atoms with Crippen LogP contribution in [0.15, 0.2) is 65.3 Å². The molecule has 178 valence electrons. The molecular weight excluding hydrogens is 499 g/mol. The van der Waals surface area contributed by atoms with Crippen molar-refractivity contribution in [2.24, 2.45) is 0 Å². The number of aliphatic hydroxyl groups excluding tert-OH is 1. The van der Waals surface area contributed by atoms with E-state index in [2.05, 4.69) is 28.3 Å². The molecule has 1 aliphatic heterocycles. The second kappa shape index (κ2) is 12.9. The maximum absolute atomic E-state index is 9.03. The first-order chi connectivity index (χ1) is 16.0. The third-order valence-corrected chi connectivity index (χ3v) is 7.63. The average Bonchev–Trinajstić information content (AvgIpc) is 2.81. The molecule has 0 spiro atoms. The third-order valence-electron chi connectivity index (χ3n) is 5.51. The second-order valence-electron chi connectivity index (χ2n) is 7.60. The Morgan fingerprint density at radius 1 is 1.09 bits per heavy atom. The van der Waals surface area contributed by atoms with Gasteiger partial charge in [0.2, 0.25) is 0 Å². The molecule has 1 aliphatic rings. The zero-order chi connectivity index (χ0) is 23.8. The van der Waals surface area contributed by atoms with Crippen molar-refractivity contribution in [3.8, 4) is 0 Å². The smallest absolute Gasteiger partial charge is 0.110 e. The molecule has 1 unspecified atom stereocenters. The summed E-state index contributed by atoms with van der Waals surface area (Å²) in [6, 6.07) is 13.8. The van der Waals surface area contributed by atoms with Gasteiger partial charge in [-0.3, -0.25) is 0 Å². The molecular formula is C25H29Cl3N2O2S. The van der Waals surface area contributed by atoms with Gasteiger partial charge in [0.05, 0.1) is 30.5 Å². The van der Waals surface area contributed by atoms with Gasteiger partial charge < -0.3 is 14.7 Å². The first-order valence-electron chi connectivity index (χ1n) is 10.9. The fourth-order valence-electron chi connectivity index (χ4n) is 3.86. The van der Waals surface area contributed by atoms with Crippen molar-refractivity contribution in [2.75, 3.05) is 38.3 Å². The van der Waals surface area contributed by atoms with Crippen molar-refractivity contribution in [1.29, 1.82) is 0 Å². The number of halogens is 3. The molecule has 0 aliphatic carbocycles. The normalized spacial score (nSPS) is 18.0. The van der Waals surface area contributed by atoms with Crippen LogP contribution in [0.3, 0.4) is 0 Å². The van der Waals surface area contributed by atoms with Gasteiger partial charge in [-0.25, -0.2) is 4.31 Å². The van der Waals surface area contributed by atoms with Crippen LogP contribution in [0.25, 0.3) is 0 Å². The number of anilines is 1. The maximum Gasteiger partial charge on any atom is 0.110 e. The molecule has 33 heavy (non-hydrogen) atoms. The highest BCUT2D eigenvalue weighted by Gasteiger charge is 2.31. The number of ether oxygens (including phenoxy) is 1. The SMILES string of the molecule is CC/C(SN1CCN(c2ccc(Cl)cc2Cl)C(c2ccc(Cl)cc2)C1)=C(\C/C=C\CO)OC. The van der Waals surface area contributed by atoms with Gasteiger partial charge >= 0.3 is 0 Å². The summed E-state index contributed by atoms with van der Waals surface area (Å²) in [5.74, 6) is 0.929. The van der Waals surface area contributed by atoms with Crippen LogP contribution >= 0.6 is 46.8 Å². The first kappa shape index (κ1) is 26.3. The van der Waals surface area contributed by atoms with Crippen LogP contribution in [0.2, 0.25) is 15.1 Å². The van der Waals surface area contributed by atoms with Crippen LogP contribution in [0.5, 0.6) is 0 Å². The number of benzene rings is 2. The van der Waals surface area contributed by atoms with Crippen LogP contribution < -0.4 is 4.90 Å². The number of hydrogen-bond acceptors (Lipinski definition) is 5. The Morgan fingerprint density at radius 3 is 2.45 bits per heavy atom. The zero-order valence-electron chi connectivity index (χ0n) is 18.8. The maximum atomic E-state index is 9.03. The minimum absolute atomic E-state index is 0.0313. The van der Waals surface area contributed by atoms with Crippen molar-refractivity contribution < 1.29 is 9.84 Å². The van der Waals surface area contributed by atoms with E-state index in [-0.39, 0.29) is 12.6 Å². The quantitative estimate of drug-likeness (QED) is 0.209. The highest BCUT2D eigenvalue weighted by atomic mass is 35.5. The second-order valence-corrected chi connectivity index (χ2v) is 10.1. The van der Waals surface area contributed by atoms with E-state index in [9.17, 15) is 0 Å². The molecule has 1 N–H and O–H groups in total. The Labute approximate surface area is 215 Å². The summed E-state index contributed by atoms with van der Waals surface area (Å²) >= 11 is 20.6. The summed E-state index contributed by atoms with van der Waals surface area (Å²) < 4.78 is 8.06. The lowest BCUT2D eigenvalue weighted by Crippen LogP contribution is -2.46. The van der Waals surface area contributed by atoms with Crippen LogP contribution in [0.1, 0.15) is 31.4 Å². The van der Waals surface area contributed by atoms with Crippen LogP contribution in [-0.4, -0.2) is 42.8 Å². The van der Waals surface area contributed by atoms with Crippen molar-refractivity contribution in [1.82, 2.24) is 4.31 Å². The van der Waals surface area contributed by atoms with Crippen LogP contribution in [-0.2, 0) is 4.74 Å². The Bertz CT molecular complexity index is 982. The fraction of sp³-hybridized carbons (Fsp3) is 0.360. The van der Waals surface area contributed by atoms with Crippen LogP contribution in [0.4, 0.5) is 5.69 Å². The third kappa shape index (κ3) is 7.08. The Morgan fingerprint density at radius 2 is 1.82 bits per heavy atom. The molecule has 0 bridgehead atoms. The Balaban J connectivity index is 1.87. The Hall–Kier alpha value is -1.34. The summed E-state index contributed by atoms with van der Waals surface area (Å²) in [5, 5.41) is 11.0. The van der Waals surface area contributed by atoms with E-state index in [0.29, 0.717) is 21.5 Å². The minimum Gasteiger partial charge on any atom is -0.500 e. The van der Waals surface area contributed by atoms with Crippen molar-refractivity contribution in [3.63, 3.8) is 0 Å². The molecule has 2 aromatic rings. The largest absolute Gasteiger partial charge is 0.500 e. The zero-order valence-corrected chi connectivity index (χ0v) is 21.9. The lowest BCUT2D eigenvalue weighted by molar-refractivity contribution is 0.281. The molecule has 4 nitrogen and oxygen atoms in total. The topological polar surface area (TPSA) is 35.9 Å². The van der Waals surface area contributed by atoms with E-state index >= 15 is 0 Å². The number of aliphatic hydroxyl groups is 1. The predicted molar refractivity (Wildman–Crippen MR) is 142 cm³/mol. The fourth-order valence-corrected chi connectivity index (χ4v) is 5.60. The highest BCUT2D eigenvalue weighted by molar-refractivity contribution is 8.00. The van der Waals surface area contributed by atoms with E-state index in [0.717, 1.165) is 37.5 Å². The molecule has 0 saturated carbocycles. The van der Waals surface area contributed by atoms with E-state index < -0.39 is 0 Å². The summed E-state index contributed by atoms with van der Waals surface area (Å²) in [6.45, 7) is 4.64. The van der Waals surface area contributed by atoms with Crippen LogP contribution in [0, 0.1) is 0 Å². The number of piperazine rings is 1. The average molecular weight is 528 g/mol. The molecule has 3 rings (SSSR count).